The highest BCUT2D eigenvalue weighted by Crippen LogP contribution is 2.30. The van der Waals surface area contributed by atoms with Gasteiger partial charge in [-0.3, -0.25) is 4.31 Å². The third kappa shape index (κ3) is 6.03. The first-order valence-electron chi connectivity index (χ1n) is 8.56. The zero-order valence-electron chi connectivity index (χ0n) is 15.3. The van der Waals surface area contributed by atoms with Crippen molar-refractivity contribution in [3.63, 3.8) is 0 Å². The topological polar surface area (TPSA) is 116 Å². The Labute approximate surface area is 159 Å². The molecule has 154 valence electrons. The predicted octanol–water partition coefficient (Wildman–Crippen LogP) is 1.22. The van der Waals surface area contributed by atoms with E-state index in [-0.39, 0.29) is 17.5 Å². The first kappa shape index (κ1) is 21.9. The van der Waals surface area contributed by atoms with Crippen molar-refractivity contribution in [3.05, 3.63) is 24.0 Å². The molecule has 0 aromatic heterocycles. The molecule has 0 amide bonds. The summed E-state index contributed by atoms with van der Waals surface area (Å²) in [5.74, 6) is -0.102. The van der Waals surface area contributed by atoms with Crippen LogP contribution >= 0.6 is 0 Å². The smallest absolute Gasteiger partial charge is 0.235 e. The highest BCUT2D eigenvalue weighted by atomic mass is 32.2. The fraction of sp³-hybridized carbons (Fsp3) is 0.625. The molecule has 8 nitrogen and oxygen atoms in total. The first-order chi connectivity index (χ1) is 12.5. The molecule has 0 radical (unpaired) electrons. The minimum Gasteiger partial charge on any atom is -0.488 e. The number of sulfonamides is 2. The zero-order chi connectivity index (χ0) is 20.2. The van der Waals surface area contributed by atoms with Gasteiger partial charge in [-0.05, 0) is 32.4 Å². The zero-order valence-corrected chi connectivity index (χ0v) is 16.9. The van der Waals surface area contributed by atoms with E-state index in [0.29, 0.717) is 31.9 Å². The molecule has 0 spiro atoms. The number of primary sulfonamides is 1. The van der Waals surface area contributed by atoms with Crippen molar-refractivity contribution in [2.75, 3.05) is 29.8 Å². The Balaban J connectivity index is 0.000000321. The number of halogens is 1. The molecule has 1 unspecified atom stereocenters. The van der Waals surface area contributed by atoms with Gasteiger partial charge in [0, 0.05) is 19.0 Å². The van der Waals surface area contributed by atoms with Crippen LogP contribution in [-0.2, 0) is 24.8 Å². The van der Waals surface area contributed by atoms with Crippen LogP contribution in [0.1, 0.15) is 26.7 Å². The summed E-state index contributed by atoms with van der Waals surface area (Å²) >= 11 is 0. The van der Waals surface area contributed by atoms with E-state index in [1.165, 1.54) is 26.0 Å². The molecule has 3 rings (SSSR count). The Bertz CT molecular complexity index is 852. The maximum atomic E-state index is 14.1. The molecule has 27 heavy (non-hydrogen) atoms. The van der Waals surface area contributed by atoms with E-state index in [1.54, 1.807) is 6.07 Å². The van der Waals surface area contributed by atoms with E-state index < -0.39 is 31.1 Å². The van der Waals surface area contributed by atoms with Gasteiger partial charge in [0.25, 0.3) is 0 Å². The number of nitrogens with two attached hydrogens (primary N) is 1. The summed E-state index contributed by atoms with van der Waals surface area (Å²) < 4.78 is 69.8. The molecule has 2 fully saturated rings. The normalized spacial score (nSPS) is 21.8. The number of nitrogens with zero attached hydrogens (tertiary/aromatic N) is 1. The summed E-state index contributed by atoms with van der Waals surface area (Å²) in [6.07, 6.45) is 1.25. The molecule has 2 aliphatic heterocycles. The maximum absolute atomic E-state index is 14.1. The van der Waals surface area contributed by atoms with Gasteiger partial charge in [-0.2, -0.15) is 0 Å². The van der Waals surface area contributed by atoms with E-state index in [9.17, 15) is 21.2 Å². The minimum atomic E-state index is -3.37. The average Bonchev–Trinajstić information content (AvgIpc) is 3.16. The maximum Gasteiger partial charge on any atom is 0.235 e. The third-order valence-corrected chi connectivity index (χ3v) is 7.30. The Morgan fingerprint density at radius 1 is 1.37 bits per heavy atom. The van der Waals surface area contributed by atoms with Gasteiger partial charge in [0.05, 0.1) is 29.9 Å². The lowest BCUT2D eigenvalue weighted by molar-refractivity contribution is 0.141. The van der Waals surface area contributed by atoms with Gasteiger partial charge in [0.15, 0.2) is 5.82 Å². The SMILES string of the molecule is CC(C)S(N)(=O)=O.O=S1(=O)CCCN1c1ccc(OC2CCOC2)cc1F. The third-order valence-electron chi connectivity index (χ3n) is 4.13. The van der Waals surface area contributed by atoms with Crippen LogP contribution in [0.2, 0.25) is 0 Å². The molecular weight excluding hydrogens is 399 g/mol. The van der Waals surface area contributed by atoms with Crippen molar-refractivity contribution < 1.29 is 30.7 Å². The van der Waals surface area contributed by atoms with Crippen LogP contribution in [0.15, 0.2) is 18.2 Å². The Kier molecular flexibility index (Phi) is 7.06. The second kappa shape index (κ2) is 8.72. The van der Waals surface area contributed by atoms with Crippen LogP contribution in [-0.4, -0.2) is 53.7 Å². The highest BCUT2D eigenvalue weighted by molar-refractivity contribution is 7.93. The Morgan fingerprint density at radius 2 is 2.04 bits per heavy atom. The van der Waals surface area contributed by atoms with Crippen LogP contribution in [0.3, 0.4) is 0 Å². The second-order valence-electron chi connectivity index (χ2n) is 6.60. The van der Waals surface area contributed by atoms with Crippen molar-refractivity contribution in [3.8, 4) is 5.75 Å². The number of benzene rings is 1. The van der Waals surface area contributed by atoms with Gasteiger partial charge in [0.2, 0.25) is 20.0 Å². The molecule has 1 aromatic rings. The predicted molar refractivity (Wildman–Crippen MR) is 100 cm³/mol. The van der Waals surface area contributed by atoms with Crippen molar-refractivity contribution in [2.24, 2.45) is 5.14 Å². The van der Waals surface area contributed by atoms with Crippen LogP contribution in [0.5, 0.6) is 5.75 Å². The Hall–Kier alpha value is -1.43. The minimum absolute atomic E-state index is 0.0595. The molecular formula is C16H25FN2O6S2. The summed E-state index contributed by atoms with van der Waals surface area (Å²) in [4.78, 5) is 0. The molecule has 0 bridgehead atoms. The second-order valence-corrected chi connectivity index (χ2v) is 10.7. The number of rotatable bonds is 4. The number of hydrogen-bond acceptors (Lipinski definition) is 6. The van der Waals surface area contributed by atoms with Gasteiger partial charge < -0.3 is 9.47 Å². The number of anilines is 1. The Morgan fingerprint density at radius 3 is 2.48 bits per heavy atom. The van der Waals surface area contributed by atoms with Crippen LogP contribution in [0.4, 0.5) is 10.1 Å². The quantitative estimate of drug-likeness (QED) is 0.777. The van der Waals surface area contributed by atoms with Crippen molar-refractivity contribution in [1.82, 2.24) is 0 Å². The van der Waals surface area contributed by atoms with Gasteiger partial charge >= 0.3 is 0 Å². The summed E-state index contributed by atoms with van der Waals surface area (Å²) in [6.45, 7) is 4.56. The molecule has 0 aliphatic carbocycles. The van der Waals surface area contributed by atoms with Gasteiger partial charge in [-0.25, -0.2) is 26.4 Å². The molecule has 11 heteroatoms. The van der Waals surface area contributed by atoms with E-state index in [1.807, 2.05) is 0 Å². The van der Waals surface area contributed by atoms with Crippen LogP contribution in [0.25, 0.3) is 0 Å². The van der Waals surface area contributed by atoms with Crippen LogP contribution in [0, 0.1) is 5.82 Å². The fourth-order valence-corrected chi connectivity index (χ4v) is 4.04. The van der Waals surface area contributed by atoms with E-state index in [0.717, 1.165) is 10.7 Å². The average molecular weight is 425 g/mol. The van der Waals surface area contributed by atoms with Gasteiger partial charge in [0.1, 0.15) is 11.9 Å². The molecule has 1 atom stereocenters. The number of hydrogen-bond donors (Lipinski definition) is 1. The van der Waals surface area contributed by atoms with E-state index in [2.05, 4.69) is 5.14 Å². The number of ether oxygens (including phenoxy) is 2. The van der Waals surface area contributed by atoms with Crippen molar-refractivity contribution in [1.29, 1.82) is 0 Å². The van der Waals surface area contributed by atoms with Gasteiger partial charge in [-0.1, -0.05) is 0 Å². The van der Waals surface area contributed by atoms with E-state index >= 15 is 0 Å². The summed E-state index contributed by atoms with van der Waals surface area (Å²) in [5, 5.41) is 4.20. The summed E-state index contributed by atoms with van der Waals surface area (Å²) in [6, 6.07) is 4.30. The van der Waals surface area contributed by atoms with Gasteiger partial charge in [-0.15, -0.1) is 0 Å². The molecule has 2 aliphatic rings. The summed E-state index contributed by atoms with van der Waals surface area (Å²) in [5.41, 5.74) is 0.0949. The van der Waals surface area contributed by atoms with Crippen molar-refractivity contribution in [2.45, 2.75) is 38.0 Å². The summed E-state index contributed by atoms with van der Waals surface area (Å²) in [7, 11) is -6.61. The van der Waals surface area contributed by atoms with Crippen LogP contribution < -0.4 is 14.2 Å². The first-order valence-corrected chi connectivity index (χ1v) is 11.8. The molecule has 2 saturated heterocycles. The monoisotopic (exact) mass is 424 g/mol. The lowest BCUT2D eigenvalue weighted by atomic mass is 10.2. The lowest BCUT2D eigenvalue weighted by Gasteiger charge is -2.19. The largest absolute Gasteiger partial charge is 0.488 e. The van der Waals surface area contributed by atoms with E-state index in [4.69, 9.17) is 9.47 Å². The molecule has 1 aromatic carbocycles. The molecule has 0 saturated carbocycles. The lowest BCUT2D eigenvalue weighted by Crippen LogP contribution is -2.26. The fourth-order valence-electron chi connectivity index (χ4n) is 2.47. The van der Waals surface area contributed by atoms with Crippen molar-refractivity contribution >= 4 is 25.7 Å². The highest BCUT2D eigenvalue weighted by Gasteiger charge is 2.30. The standard InChI is InChI=1S/C13H16FNO4S.C3H9NO2S/c14-12-8-10(19-11-4-6-18-9-11)2-3-13(12)15-5-1-7-20(15,16)17;1-3(2)7(4,5)6/h2-3,8,11H,1,4-7,9H2;3H,1-2H3,(H2,4,5,6). The molecule has 2 N–H and O–H groups in total. The molecule has 2 heterocycles.